The molecule has 1 unspecified atom stereocenters. The number of carboxylic acids is 2. The van der Waals surface area contributed by atoms with Gasteiger partial charge >= 0.3 is 17.9 Å². The van der Waals surface area contributed by atoms with Gasteiger partial charge in [-0.3, -0.25) is 14.4 Å². The van der Waals surface area contributed by atoms with Crippen LogP contribution in [0.3, 0.4) is 0 Å². The number of carboxylic acid groups (broad SMARTS) is 2. The van der Waals surface area contributed by atoms with E-state index in [0.29, 0.717) is 0 Å². The number of aliphatic carboxylic acids is 2. The zero-order valence-corrected chi connectivity index (χ0v) is 7.23. The van der Waals surface area contributed by atoms with Crippen molar-refractivity contribution in [1.82, 2.24) is 0 Å². The molecule has 6 nitrogen and oxygen atoms in total. The largest absolute Gasteiger partial charge is 0.481 e. The molecule has 0 aromatic heterocycles. The van der Waals surface area contributed by atoms with Crippen molar-refractivity contribution in [3.63, 3.8) is 0 Å². The molecule has 0 saturated heterocycles. The summed E-state index contributed by atoms with van der Waals surface area (Å²) >= 11 is 0. The third-order valence-corrected chi connectivity index (χ3v) is 1.61. The lowest BCUT2D eigenvalue weighted by Gasteiger charge is -2.18. The van der Waals surface area contributed by atoms with Crippen molar-refractivity contribution >= 4 is 17.9 Å². The molecule has 2 N–H and O–H groups in total. The smallest absolute Gasteiger partial charge is 0.323 e. The molecule has 0 heterocycles. The maximum absolute atomic E-state index is 10.9. The van der Waals surface area contributed by atoms with E-state index >= 15 is 0 Å². The van der Waals surface area contributed by atoms with Crippen molar-refractivity contribution in [1.29, 1.82) is 0 Å². The molecular weight excluding hydrogens is 180 g/mol. The summed E-state index contributed by atoms with van der Waals surface area (Å²) in [7, 11) is 1.01. The third kappa shape index (κ3) is 2.43. The Morgan fingerprint density at radius 3 is 2.00 bits per heavy atom. The summed E-state index contributed by atoms with van der Waals surface area (Å²) in [6, 6.07) is 0. The Morgan fingerprint density at radius 1 is 1.31 bits per heavy atom. The average molecular weight is 190 g/mol. The highest BCUT2D eigenvalue weighted by molar-refractivity contribution is 6.01. The van der Waals surface area contributed by atoms with Gasteiger partial charge in [0, 0.05) is 0 Å². The Labute approximate surface area is 74.1 Å². The predicted octanol–water partition coefficient (Wildman–Crippen LogP) is -0.275. The van der Waals surface area contributed by atoms with Crippen LogP contribution in [0.2, 0.25) is 0 Å². The van der Waals surface area contributed by atoms with Crippen LogP contribution in [0.15, 0.2) is 0 Å². The summed E-state index contributed by atoms with van der Waals surface area (Å²) in [4.78, 5) is 31.8. The lowest BCUT2D eigenvalue weighted by atomic mass is 9.87. The second-order valence-electron chi connectivity index (χ2n) is 2.70. The van der Waals surface area contributed by atoms with Crippen LogP contribution in [0.5, 0.6) is 0 Å². The van der Waals surface area contributed by atoms with Gasteiger partial charge < -0.3 is 14.9 Å². The van der Waals surface area contributed by atoms with E-state index in [-0.39, 0.29) is 0 Å². The predicted molar refractivity (Wildman–Crippen MR) is 40.0 cm³/mol. The van der Waals surface area contributed by atoms with E-state index in [1.54, 1.807) is 0 Å². The first-order valence-corrected chi connectivity index (χ1v) is 3.38. The molecule has 74 valence electrons. The molecule has 0 aliphatic heterocycles. The van der Waals surface area contributed by atoms with Gasteiger partial charge in [-0.15, -0.1) is 0 Å². The van der Waals surface area contributed by atoms with E-state index in [9.17, 15) is 14.4 Å². The number of ether oxygens (including phenoxy) is 1. The molecule has 0 aromatic rings. The standard InChI is InChI=1S/C7H10O6/c1-7(5(10)11,3-4(8)9)6(12)13-2/h3H2,1-2H3,(H,8,9)(H,10,11). The van der Waals surface area contributed by atoms with Crippen LogP contribution in [0.4, 0.5) is 0 Å². The van der Waals surface area contributed by atoms with Gasteiger partial charge in [0.05, 0.1) is 13.5 Å². The third-order valence-electron chi connectivity index (χ3n) is 1.61. The molecule has 0 aliphatic carbocycles. The first-order chi connectivity index (χ1) is 5.84. The normalized spacial score (nSPS) is 14.3. The molecule has 0 saturated carbocycles. The zero-order chi connectivity index (χ0) is 10.6. The van der Waals surface area contributed by atoms with Crippen molar-refractivity contribution in [2.24, 2.45) is 5.41 Å². The number of carbonyl (C=O) groups excluding carboxylic acids is 1. The van der Waals surface area contributed by atoms with Crippen molar-refractivity contribution in [3.8, 4) is 0 Å². The van der Waals surface area contributed by atoms with Crippen molar-refractivity contribution in [2.45, 2.75) is 13.3 Å². The maximum atomic E-state index is 10.9. The molecule has 0 fully saturated rings. The van der Waals surface area contributed by atoms with E-state index < -0.39 is 29.7 Å². The highest BCUT2D eigenvalue weighted by atomic mass is 16.5. The quantitative estimate of drug-likeness (QED) is 0.467. The van der Waals surface area contributed by atoms with Gasteiger partial charge in [-0.05, 0) is 6.92 Å². The van der Waals surface area contributed by atoms with E-state index in [1.807, 2.05) is 0 Å². The second-order valence-corrected chi connectivity index (χ2v) is 2.70. The molecule has 0 rings (SSSR count). The number of methoxy groups -OCH3 is 1. The van der Waals surface area contributed by atoms with Crippen LogP contribution in [-0.4, -0.2) is 35.2 Å². The molecular formula is C7H10O6. The molecule has 0 spiro atoms. The fraction of sp³-hybridized carbons (Fsp3) is 0.571. The molecule has 13 heavy (non-hydrogen) atoms. The van der Waals surface area contributed by atoms with Crippen LogP contribution in [-0.2, 0) is 19.1 Å². The fourth-order valence-corrected chi connectivity index (χ4v) is 0.763. The van der Waals surface area contributed by atoms with E-state index in [2.05, 4.69) is 4.74 Å². The van der Waals surface area contributed by atoms with E-state index in [1.165, 1.54) is 0 Å². The number of hydrogen-bond donors (Lipinski definition) is 2. The summed E-state index contributed by atoms with van der Waals surface area (Å²) in [6.45, 7) is 1.01. The fourth-order valence-electron chi connectivity index (χ4n) is 0.763. The molecule has 0 aromatic carbocycles. The van der Waals surface area contributed by atoms with Gasteiger partial charge in [-0.2, -0.15) is 0 Å². The highest BCUT2D eigenvalue weighted by Crippen LogP contribution is 2.23. The summed E-state index contributed by atoms with van der Waals surface area (Å²) in [6.07, 6.45) is -0.797. The zero-order valence-electron chi connectivity index (χ0n) is 7.23. The molecule has 0 radical (unpaired) electrons. The van der Waals surface area contributed by atoms with Crippen molar-refractivity contribution in [3.05, 3.63) is 0 Å². The van der Waals surface area contributed by atoms with Gasteiger partial charge in [0.1, 0.15) is 0 Å². The second kappa shape index (κ2) is 3.88. The van der Waals surface area contributed by atoms with Crippen molar-refractivity contribution < 1.29 is 29.3 Å². The van der Waals surface area contributed by atoms with Crippen LogP contribution in [0, 0.1) is 5.41 Å². The van der Waals surface area contributed by atoms with Crippen LogP contribution >= 0.6 is 0 Å². The topological polar surface area (TPSA) is 101 Å². The summed E-state index contributed by atoms with van der Waals surface area (Å²) < 4.78 is 4.19. The van der Waals surface area contributed by atoms with Gasteiger partial charge in [-0.25, -0.2) is 0 Å². The van der Waals surface area contributed by atoms with Crippen LogP contribution < -0.4 is 0 Å². The number of esters is 1. The minimum absolute atomic E-state index is 0.797. The average Bonchev–Trinajstić information content (AvgIpc) is 2.01. The lowest BCUT2D eigenvalue weighted by Crippen LogP contribution is -2.39. The Bertz CT molecular complexity index is 245. The van der Waals surface area contributed by atoms with Gasteiger partial charge in [0.25, 0.3) is 0 Å². The van der Waals surface area contributed by atoms with Gasteiger partial charge in [0.2, 0.25) is 0 Å². The number of carbonyl (C=O) groups is 3. The molecule has 0 aliphatic rings. The molecule has 6 heteroatoms. The minimum atomic E-state index is -2.01. The van der Waals surface area contributed by atoms with Crippen LogP contribution in [0.1, 0.15) is 13.3 Å². The first-order valence-electron chi connectivity index (χ1n) is 3.38. The van der Waals surface area contributed by atoms with Crippen LogP contribution in [0.25, 0.3) is 0 Å². The molecule has 1 atom stereocenters. The Balaban J connectivity index is 4.83. The Morgan fingerprint density at radius 2 is 1.77 bits per heavy atom. The number of hydrogen-bond acceptors (Lipinski definition) is 4. The minimum Gasteiger partial charge on any atom is -0.481 e. The van der Waals surface area contributed by atoms with E-state index in [4.69, 9.17) is 10.2 Å². The Kier molecular flexibility index (Phi) is 3.41. The van der Waals surface area contributed by atoms with Gasteiger partial charge in [0.15, 0.2) is 5.41 Å². The van der Waals surface area contributed by atoms with Gasteiger partial charge in [-0.1, -0.05) is 0 Å². The Hall–Kier alpha value is -1.59. The first kappa shape index (κ1) is 11.4. The molecule has 0 amide bonds. The SMILES string of the molecule is COC(=O)C(C)(CC(=O)O)C(=O)O. The number of rotatable bonds is 4. The molecule has 0 bridgehead atoms. The summed E-state index contributed by atoms with van der Waals surface area (Å²) in [5.74, 6) is -3.94. The maximum Gasteiger partial charge on any atom is 0.323 e. The summed E-state index contributed by atoms with van der Waals surface area (Å²) in [5.41, 5.74) is -2.01. The van der Waals surface area contributed by atoms with E-state index in [0.717, 1.165) is 14.0 Å². The monoisotopic (exact) mass is 190 g/mol. The highest BCUT2D eigenvalue weighted by Gasteiger charge is 2.44. The van der Waals surface area contributed by atoms with Crippen molar-refractivity contribution in [2.75, 3.05) is 7.11 Å². The summed E-state index contributed by atoms with van der Waals surface area (Å²) in [5, 5.41) is 17.0. The lowest BCUT2D eigenvalue weighted by molar-refractivity contribution is -0.170.